The molecule has 0 saturated heterocycles. The highest BCUT2D eigenvalue weighted by Crippen LogP contribution is 2.15. The van der Waals surface area contributed by atoms with Crippen LogP contribution in [0.4, 0.5) is 0 Å². The molecule has 0 atom stereocenters. The fraction of sp³-hybridized carbons (Fsp3) is 0.375. The van der Waals surface area contributed by atoms with Crippen molar-refractivity contribution in [2.24, 2.45) is 0 Å². The van der Waals surface area contributed by atoms with Crippen molar-refractivity contribution in [3.63, 3.8) is 0 Å². The molecule has 0 aliphatic rings. The number of hydrogen-bond acceptors (Lipinski definition) is 0. The van der Waals surface area contributed by atoms with Crippen LogP contribution in [0.1, 0.15) is 148 Å². The summed E-state index contributed by atoms with van der Waals surface area (Å²) in [6, 6.07) is 34.5. The van der Waals surface area contributed by atoms with E-state index in [1.165, 1.54) is 114 Å². The van der Waals surface area contributed by atoms with Crippen LogP contribution >= 0.6 is 0 Å². The van der Waals surface area contributed by atoms with Gasteiger partial charge in [-0.15, -0.1) is 0 Å². The minimum absolute atomic E-state index is 1.03. The Morgan fingerprint density at radius 1 is 0.333 bits per heavy atom. The van der Waals surface area contributed by atoms with Crippen molar-refractivity contribution >= 4 is 12.2 Å². The second-order valence-electron chi connectivity index (χ2n) is 13.2. The minimum atomic E-state index is 1.03. The van der Waals surface area contributed by atoms with E-state index >= 15 is 0 Å². The quantitative estimate of drug-likeness (QED) is 0.0581. The van der Waals surface area contributed by atoms with Crippen molar-refractivity contribution in [1.82, 2.24) is 0 Å². The molecule has 0 unspecified atom stereocenters. The van der Waals surface area contributed by atoms with Gasteiger partial charge < -0.3 is 0 Å². The Hall–Kier alpha value is -4.26. The average Bonchev–Trinajstić information content (AvgIpc) is 3.13. The fourth-order valence-electron chi connectivity index (χ4n) is 5.92. The lowest BCUT2D eigenvalue weighted by molar-refractivity contribution is 0.589. The van der Waals surface area contributed by atoms with Crippen molar-refractivity contribution in [2.75, 3.05) is 0 Å². The van der Waals surface area contributed by atoms with Crippen LogP contribution in [0.5, 0.6) is 0 Å². The van der Waals surface area contributed by atoms with E-state index in [1.54, 1.807) is 0 Å². The van der Waals surface area contributed by atoms with E-state index in [2.05, 4.69) is 147 Å². The first-order chi connectivity index (χ1) is 23.7. The summed E-state index contributed by atoms with van der Waals surface area (Å²) in [6.45, 7) is 4.55. The van der Waals surface area contributed by atoms with Crippen LogP contribution in [0.2, 0.25) is 0 Å². The first-order valence-electron chi connectivity index (χ1n) is 18.8. The third-order valence-corrected chi connectivity index (χ3v) is 9.04. The normalized spacial score (nSPS) is 10.8. The van der Waals surface area contributed by atoms with E-state index in [0.717, 1.165) is 33.4 Å². The highest BCUT2D eigenvalue weighted by atomic mass is 14.0. The topological polar surface area (TPSA) is 0 Å². The number of hydrogen-bond donors (Lipinski definition) is 0. The van der Waals surface area contributed by atoms with Crippen molar-refractivity contribution in [1.29, 1.82) is 0 Å². The first kappa shape index (κ1) is 36.6. The second kappa shape index (κ2) is 22.3. The Morgan fingerprint density at radius 2 is 0.604 bits per heavy atom. The standard InChI is InChI=1S/C48H56/c1-3-5-7-9-11-13-15-17-41-19-23-43(24-20-41)27-29-45-31-35-47(36-32-45)39-40-48-37-33-46(34-38-48)30-28-44-25-21-42(22-26-44)18-16-14-12-10-8-6-4-2/h19-26,31-40H,3-18H2,1-2H3. The summed E-state index contributed by atoms with van der Waals surface area (Å²) < 4.78 is 0. The summed E-state index contributed by atoms with van der Waals surface area (Å²) in [4.78, 5) is 0. The molecule has 0 N–H and O–H groups in total. The van der Waals surface area contributed by atoms with Crippen LogP contribution in [-0.4, -0.2) is 0 Å². The van der Waals surface area contributed by atoms with Crippen molar-refractivity contribution in [2.45, 2.75) is 117 Å². The molecule has 0 spiro atoms. The van der Waals surface area contributed by atoms with Crippen LogP contribution < -0.4 is 0 Å². The van der Waals surface area contributed by atoms with Crippen molar-refractivity contribution < 1.29 is 0 Å². The fourth-order valence-corrected chi connectivity index (χ4v) is 5.92. The molecular weight excluding hydrogens is 577 g/mol. The molecule has 4 aromatic carbocycles. The third kappa shape index (κ3) is 14.7. The number of rotatable bonds is 18. The monoisotopic (exact) mass is 632 g/mol. The molecule has 248 valence electrons. The summed E-state index contributed by atoms with van der Waals surface area (Å²) in [5, 5.41) is 0. The van der Waals surface area contributed by atoms with Gasteiger partial charge in [-0.3, -0.25) is 0 Å². The summed E-state index contributed by atoms with van der Waals surface area (Å²) in [5.41, 5.74) is 9.37. The van der Waals surface area contributed by atoms with Gasteiger partial charge in [0, 0.05) is 22.3 Å². The maximum absolute atomic E-state index is 3.33. The van der Waals surface area contributed by atoms with Gasteiger partial charge >= 0.3 is 0 Å². The molecule has 0 fully saturated rings. The molecule has 4 rings (SSSR count). The SMILES string of the molecule is CCCCCCCCCc1ccc(C#Cc2ccc(C=Cc3ccc(C#Cc4ccc(CCCCCCCCC)cc4)cc3)cc2)cc1. The molecule has 0 aliphatic heterocycles. The molecular formula is C48H56. The lowest BCUT2D eigenvalue weighted by Gasteiger charge is -2.02. The van der Waals surface area contributed by atoms with Crippen molar-refractivity contribution in [3.8, 4) is 23.7 Å². The maximum Gasteiger partial charge on any atom is 0.0249 e. The summed E-state index contributed by atoms with van der Waals surface area (Å²) >= 11 is 0. The predicted octanol–water partition coefficient (Wildman–Crippen LogP) is 13.2. The van der Waals surface area contributed by atoms with Gasteiger partial charge in [0.05, 0.1) is 0 Å². The lowest BCUT2D eigenvalue weighted by atomic mass is 10.0. The smallest absolute Gasteiger partial charge is 0.0249 e. The van der Waals surface area contributed by atoms with E-state index in [4.69, 9.17) is 0 Å². The highest BCUT2D eigenvalue weighted by Gasteiger charge is 1.98. The molecule has 0 amide bonds. The highest BCUT2D eigenvalue weighted by molar-refractivity contribution is 5.70. The van der Waals surface area contributed by atoms with Crippen LogP contribution in [-0.2, 0) is 12.8 Å². The average molecular weight is 633 g/mol. The zero-order valence-electron chi connectivity index (χ0n) is 29.7. The Bertz CT molecular complexity index is 1470. The van der Waals surface area contributed by atoms with Crippen LogP contribution in [0, 0.1) is 23.7 Å². The number of aryl methyl sites for hydroxylation is 2. The molecule has 48 heavy (non-hydrogen) atoms. The second-order valence-corrected chi connectivity index (χ2v) is 13.2. The van der Waals surface area contributed by atoms with Crippen molar-refractivity contribution in [3.05, 3.63) is 142 Å². The number of unbranched alkanes of at least 4 members (excludes halogenated alkanes) is 12. The molecule has 0 nitrogen and oxygen atoms in total. The molecule has 0 radical (unpaired) electrons. The molecule has 0 aliphatic carbocycles. The van der Waals surface area contributed by atoms with Crippen LogP contribution in [0.15, 0.2) is 97.1 Å². The molecule has 0 bridgehead atoms. The van der Waals surface area contributed by atoms with E-state index in [-0.39, 0.29) is 0 Å². The van der Waals surface area contributed by atoms with Gasteiger partial charge in [-0.2, -0.15) is 0 Å². The minimum Gasteiger partial charge on any atom is -0.0654 e. The van der Waals surface area contributed by atoms with E-state index < -0.39 is 0 Å². The van der Waals surface area contributed by atoms with Gasteiger partial charge in [0.1, 0.15) is 0 Å². The molecule has 0 heterocycles. The van der Waals surface area contributed by atoms with Gasteiger partial charge in [0.2, 0.25) is 0 Å². The predicted molar refractivity (Wildman–Crippen MR) is 210 cm³/mol. The largest absolute Gasteiger partial charge is 0.0654 e. The molecule has 4 aromatic rings. The van der Waals surface area contributed by atoms with Crippen LogP contribution in [0.3, 0.4) is 0 Å². The molecule has 0 saturated carbocycles. The zero-order valence-corrected chi connectivity index (χ0v) is 29.7. The Kier molecular flexibility index (Phi) is 17.0. The zero-order chi connectivity index (χ0) is 33.5. The van der Waals surface area contributed by atoms with Gasteiger partial charge in [-0.25, -0.2) is 0 Å². The van der Waals surface area contributed by atoms with Crippen LogP contribution in [0.25, 0.3) is 12.2 Å². The van der Waals surface area contributed by atoms with Gasteiger partial charge in [0.15, 0.2) is 0 Å². The summed E-state index contributed by atoms with van der Waals surface area (Å²) in [5.74, 6) is 13.3. The third-order valence-electron chi connectivity index (χ3n) is 9.04. The summed E-state index contributed by atoms with van der Waals surface area (Å²) in [6.07, 6.45) is 25.6. The lowest BCUT2D eigenvalue weighted by Crippen LogP contribution is -1.87. The Morgan fingerprint density at radius 3 is 0.917 bits per heavy atom. The van der Waals surface area contributed by atoms with Gasteiger partial charge in [-0.05, 0) is 96.5 Å². The first-order valence-corrected chi connectivity index (χ1v) is 18.8. The van der Waals surface area contributed by atoms with E-state index in [0.29, 0.717) is 0 Å². The van der Waals surface area contributed by atoms with E-state index in [1.807, 2.05) is 0 Å². The molecule has 0 heteroatoms. The van der Waals surface area contributed by atoms with Gasteiger partial charge in [-0.1, -0.05) is 175 Å². The maximum atomic E-state index is 3.33. The molecule has 0 aromatic heterocycles. The Labute approximate surface area is 293 Å². The van der Waals surface area contributed by atoms with E-state index in [9.17, 15) is 0 Å². The number of benzene rings is 4. The van der Waals surface area contributed by atoms with Gasteiger partial charge in [0.25, 0.3) is 0 Å². The summed E-state index contributed by atoms with van der Waals surface area (Å²) in [7, 11) is 0. The Balaban J connectivity index is 1.18.